The Hall–Kier alpha value is -1.76. The van der Waals surface area contributed by atoms with Crippen molar-refractivity contribution in [1.29, 1.82) is 0 Å². The minimum atomic E-state index is -3.55. The van der Waals surface area contributed by atoms with Crippen molar-refractivity contribution >= 4 is 10.0 Å². The van der Waals surface area contributed by atoms with Crippen LogP contribution in [0.2, 0.25) is 0 Å². The predicted molar refractivity (Wildman–Crippen MR) is 90.3 cm³/mol. The molecular formula is C18H20FNO3S. The highest BCUT2D eigenvalue weighted by molar-refractivity contribution is 7.88. The Morgan fingerprint density at radius 1 is 1.12 bits per heavy atom. The molecule has 1 N–H and O–H groups in total. The second kappa shape index (κ2) is 7.42. The molecule has 1 aliphatic heterocycles. The van der Waals surface area contributed by atoms with Gasteiger partial charge in [-0.25, -0.2) is 17.5 Å². The summed E-state index contributed by atoms with van der Waals surface area (Å²) in [5.41, 5.74) is 1.43. The van der Waals surface area contributed by atoms with Crippen LogP contribution < -0.4 is 4.72 Å². The first-order valence-electron chi connectivity index (χ1n) is 7.94. The average Bonchev–Trinajstić information content (AvgIpc) is 3.08. The van der Waals surface area contributed by atoms with E-state index in [0.717, 1.165) is 18.4 Å². The number of ether oxygens (including phenoxy) is 1. The van der Waals surface area contributed by atoms with Crippen molar-refractivity contribution in [3.63, 3.8) is 0 Å². The number of hydrogen-bond acceptors (Lipinski definition) is 3. The standard InChI is InChI=1S/C18H20FNO3S/c19-16-10-8-15(9-11-16)18(17-7-4-12-23-17)20-24(21,22)13-14-5-2-1-3-6-14/h1-3,5-6,8-11,17-18,20H,4,7,12-13H2/t17-,18-/m0/s1. The molecule has 2 aromatic carbocycles. The molecule has 1 saturated heterocycles. The maximum absolute atomic E-state index is 13.2. The zero-order chi connectivity index (χ0) is 17.0. The molecule has 3 rings (SSSR count). The highest BCUT2D eigenvalue weighted by atomic mass is 32.2. The Labute approximate surface area is 141 Å². The second-order valence-corrected chi connectivity index (χ2v) is 7.70. The molecule has 6 heteroatoms. The van der Waals surface area contributed by atoms with Crippen LogP contribution in [0.1, 0.15) is 30.0 Å². The van der Waals surface area contributed by atoms with Gasteiger partial charge in [-0.2, -0.15) is 0 Å². The van der Waals surface area contributed by atoms with Crippen LogP contribution in [-0.2, 0) is 20.5 Å². The second-order valence-electron chi connectivity index (χ2n) is 5.94. The van der Waals surface area contributed by atoms with Crippen molar-refractivity contribution in [2.24, 2.45) is 0 Å². The molecule has 2 atom stereocenters. The van der Waals surface area contributed by atoms with E-state index in [1.807, 2.05) is 18.2 Å². The SMILES string of the molecule is O=S(=O)(Cc1ccccc1)N[C@@H](c1ccc(F)cc1)[C@@H]1CCCO1. The Morgan fingerprint density at radius 2 is 1.83 bits per heavy atom. The van der Waals surface area contributed by atoms with Crippen LogP contribution in [0.25, 0.3) is 0 Å². The summed E-state index contributed by atoms with van der Waals surface area (Å²) in [6.07, 6.45) is 1.43. The smallest absolute Gasteiger partial charge is 0.216 e. The molecule has 0 unspecified atom stereocenters. The van der Waals surface area contributed by atoms with Crippen molar-refractivity contribution in [3.8, 4) is 0 Å². The third-order valence-electron chi connectivity index (χ3n) is 4.07. The summed E-state index contributed by atoms with van der Waals surface area (Å²) in [6, 6.07) is 14.4. The molecule has 1 aliphatic rings. The van der Waals surface area contributed by atoms with Crippen LogP contribution in [0.3, 0.4) is 0 Å². The van der Waals surface area contributed by atoms with Crippen molar-refractivity contribution in [1.82, 2.24) is 4.72 Å². The minimum Gasteiger partial charge on any atom is -0.376 e. The topological polar surface area (TPSA) is 55.4 Å². The maximum atomic E-state index is 13.2. The number of hydrogen-bond donors (Lipinski definition) is 1. The Kier molecular flexibility index (Phi) is 5.28. The zero-order valence-electron chi connectivity index (χ0n) is 13.2. The molecule has 4 nitrogen and oxygen atoms in total. The van der Waals surface area contributed by atoms with Gasteiger partial charge in [-0.05, 0) is 36.1 Å². The molecule has 0 bridgehead atoms. The Balaban J connectivity index is 1.81. The van der Waals surface area contributed by atoms with Crippen molar-refractivity contribution < 1.29 is 17.5 Å². The predicted octanol–water partition coefficient (Wildman–Crippen LogP) is 3.17. The highest BCUT2D eigenvalue weighted by Gasteiger charge is 2.30. The van der Waals surface area contributed by atoms with Gasteiger partial charge < -0.3 is 4.74 Å². The quantitative estimate of drug-likeness (QED) is 0.871. The number of benzene rings is 2. The van der Waals surface area contributed by atoms with E-state index in [1.165, 1.54) is 12.1 Å². The van der Waals surface area contributed by atoms with Crippen LogP contribution in [0, 0.1) is 5.82 Å². The fourth-order valence-electron chi connectivity index (χ4n) is 2.92. The molecule has 1 fully saturated rings. The molecule has 0 radical (unpaired) electrons. The fourth-order valence-corrected chi connectivity index (χ4v) is 4.31. The number of nitrogens with one attached hydrogen (secondary N) is 1. The first kappa shape index (κ1) is 17.1. The number of halogens is 1. The lowest BCUT2D eigenvalue weighted by molar-refractivity contribution is 0.0851. The average molecular weight is 349 g/mol. The molecule has 2 aromatic rings. The van der Waals surface area contributed by atoms with Gasteiger partial charge in [-0.3, -0.25) is 0 Å². The van der Waals surface area contributed by atoms with E-state index in [-0.39, 0.29) is 17.7 Å². The van der Waals surface area contributed by atoms with E-state index >= 15 is 0 Å². The van der Waals surface area contributed by atoms with Gasteiger partial charge in [0.05, 0.1) is 17.9 Å². The van der Waals surface area contributed by atoms with Crippen LogP contribution >= 0.6 is 0 Å². The first-order chi connectivity index (χ1) is 11.5. The van der Waals surface area contributed by atoms with Gasteiger partial charge in [0.1, 0.15) is 5.82 Å². The molecule has 0 aromatic heterocycles. The van der Waals surface area contributed by atoms with E-state index in [2.05, 4.69) is 4.72 Å². The lowest BCUT2D eigenvalue weighted by atomic mass is 10.0. The molecule has 0 spiro atoms. The summed E-state index contributed by atoms with van der Waals surface area (Å²) in [6.45, 7) is 0.614. The number of sulfonamides is 1. The molecule has 1 heterocycles. The fraction of sp³-hybridized carbons (Fsp3) is 0.333. The molecule has 0 saturated carbocycles. The van der Waals surface area contributed by atoms with Crippen molar-refractivity contribution in [2.75, 3.05) is 6.61 Å². The Bertz CT molecular complexity index is 757. The van der Waals surface area contributed by atoms with E-state index < -0.39 is 16.1 Å². The van der Waals surface area contributed by atoms with Crippen LogP contribution in [0.4, 0.5) is 4.39 Å². The summed E-state index contributed by atoms with van der Waals surface area (Å²) >= 11 is 0. The van der Waals surface area contributed by atoms with Gasteiger partial charge in [0.25, 0.3) is 0 Å². The third-order valence-corrected chi connectivity index (χ3v) is 5.40. The van der Waals surface area contributed by atoms with Gasteiger partial charge in [0.15, 0.2) is 0 Å². The lowest BCUT2D eigenvalue weighted by Crippen LogP contribution is -2.36. The summed E-state index contributed by atoms with van der Waals surface area (Å²) in [5.74, 6) is -0.449. The molecule has 24 heavy (non-hydrogen) atoms. The maximum Gasteiger partial charge on any atom is 0.216 e. The van der Waals surface area contributed by atoms with Gasteiger partial charge >= 0.3 is 0 Å². The highest BCUT2D eigenvalue weighted by Crippen LogP contribution is 2.28. The van der Waals surface area contributed by atoms with Crippen LogP contribution in [0.5, 0.6) is 0 Å². The zero-order valence-corrected chi connectivity index (χ0v) is 14.0. The molecule has 0 aliphatic carbocycles. The largest absolute Gasteiger partial charge is 0.376 e. The van der Waals surface area contributed by atoms with Gasteiger partial charge in [0, 0.05) is 6.61 Å². The normalized spacial score (nSPS) is 19.3. The van der Waals surface area contributed by atoms with Gasteiger partial charge in [0.2, 0.25) is 10.0 Å². The van der Waals surface area contributed by atoms with Crippen LogP contribution in [-0.4, -0.2) is 21.1 Å². The van der Waals surface area contributed by atoms with Crippen molar-refractivity contribution in [3.05, 3.63) is 71.5 Å². The number of rotatable bonds is 6. The molecular weight excluding hydrogens is 329 g/mol. The van der Waals surface area contributed by atoms with E-state index in [9.17, 15) is 12.8 Å². The minimum absolute atomic E-state index is 0.0990. The van der Waals surface area contributed by atoms with Gasteiger partial charge in [-0.1, -0.05) is 42.5 Å². The lowest BCUT2D eigenvalue weighted by Gasteiger charge is -2.24. The first-order valence-corrected chi connectivity index (χ1v) is 9.60. The Morgan fingerprint density at radius 3 is 2.46 bits per heavy atom. The third kappa shape index (κ3) is 4.41. The monoisotopic (exact) mass is 349 g/mol. The van der Waals surface area contributed by atoms with Gasteiger partial charge in [-0.15, -0.1) is 0 Å². The summed E-state index contributed by atoms with van der Waals surface area (Å²) < 4.78 is 46.7. The van der Waals surface area contributed by atoms with Crippen LogP contribution in [0.15, 0.2) is 54.6 Å². The summed E-state index contributed by atoms with van der Waals surface area (Å²) in [4.78, 5) is 0. The van der Waals surface area contributed by atoms with E-state index in [0.29, 0.717) is 12.2 Å². The van der Waals surface area contributed by atoms with E-state index in [1.54, 1.807) is 24.3 Å². The molecule has 0 amide bonds. The molecule has 128 valence electrons. The van der Waals surface area contributed by atoms with E-state index in [4.69, 9.17) is 4.74 Å². The summed E-state index contributed by atoms with van der Waals surface area (Å²) in [7, 11) is -3.55. The summed E-state index contributed by atoms with van der Waals surface area (Å²) in [5, 5.41) is 0. The van der Waals surface area contributed by atoms with Crippen molar-refractivity contribution in [2.45, 2.75) is 30.7 Å².